The average Bonchev–Trinajstić information content (AvgIpc) is 3.33. The number of allylic oxidation sites excluding steroid dienone is 6. The first-order valence-corrected chi connectivity index (χ1v) is 20.1. The Morgan fingerprint density at radius 1 is 0.843 bits per heavy atom. The molecule has 0 aromatic heterocycles. The topological polar surface area (TPSA) is 247 Å². The summed E-state index contributed by atoms with van der Waals surface area (Å²) >= 11 is 0. The van der Waals surface area contributed by atoms with Crippen molar-refractivity contribution >= 4 is 59.4 Å². The molecule has 0 atom stereocenters. The van der Waals surface area contributed by atoms with Crippen molar-refractivity contribution in [1.82, 2.24) is 0 Å². The maximum Gasteiger partial charge on any atom is 0.336 e. The van der Waals surface area contributed by atoms with Crippen LogP contribution < -0.4 is 4.90 Å². The molecule has 2 heterocycles. The van der Waals surface area contributed by atoms with Crippen LogP contribution in [0.15, 0.2) is 71.3 Å². The number of carboxylic acid groups (broad SMARTS) is 2. The highest BCUT2D eigenvalue weighted by molar-refractivity contribution is 7.86. The van der Waals surface area contributed by atoms with E-state index in [-0.39, 0.29) is 48.3 Å². The van der Waals surface area contributed by atoms with Gasteiger partial charge in [0, 0.05) is 53.2 Å². The molecule has 0 aliphatic carbocycles. The molecule has 276 valence electrons. The zero-order valence-electron chi connectivity index (χ0n) is 28.1. The van der Waals surface area contributed by atoms with Gasteiger partial charge in [-0.1, -0.05) is 38.1 Å². The van der Waals surface area contributed by atoms with Gasteiger partial charge in [0.05, 0.1) is 42.9 Å². The number of aromatic carboxylic acids is 2. The van der Waals surface area contributed by atoms with E-state index in [1.807, 2.05) is 13.8 Å². The Morgan fingerprint density at radius 2 is 1.49 bits per heavy atom. The van der Waals surface area contributed by atoms with Crippen molar-refractivity contribution in [2.45, 2.75) is 56.3 Å². The Balaban J connectivity index is 1.79. The summed E-state index contributed by atoms with van der Waals surface area (Å²) in [7, 11) is -13.7. The molecule has 0 bridgehead atoms. The van der Waals surface area contributed by atoms with Crippen LogP contribution in [-0.2, 0) is 41.2 Å². The second kappa shape index (κ2) is 14.1. The molecule has 2 aliphatic rings. The average molecular weight is 767 g/mol. The fourth-order valence-electron chi connectivity index (χ4n) is 6.82. The third-order valence-electron chi connectivity index (χ3n) is 8.88. The molecule has 4 rings (SSSR count). The second-order valence-corrected chi connectivity index (χ2v) is 17.7. The van der Waals surface area contributed by atoms with Crippen LogP contribution in [0.1, 0.15) is 72.4 Å². The molecule has 4 N–H and O–H groups in total. The third-order valence-corrected chi connectivity index (χ3v) is 11.3. The normalized spacial score (nSPS) is 17.9. The minimum Gasteiger partial charge on any atom is -0.748 e. The number of carboxylic acids is 2. The van der Waals surface area contributed by atoms with E-state index >= 15 is 0 Å². The zero-order valence-corrected chi connectivity index (χ0v) is 30.5. The number of benzene rings is 2. The molecule has 51 heavy (non-hydrogen) atoms. The molecule has 0 spiro atoms. The minimum absolute atomic E-state index is 0.0153. The third kappa shape index (κ3) is 8.48. The maximum atomic E-state index is 12.3. The molecular weight excluding hydrogens is 729 g/mol. The minimum atomic E-state index is -4.84. The second-order valence-electron chi connectivity index (χ2n) is 13.1. The van der Waals surface area contributed by atoms with Gasteiger partial charge in [0.2, 0.25) is 5.69 Å². The Kier molecular flexibility index (Phi) is 10.9. The fraction of sp³-hybridized carbons (Fsp3) is 0.364. The van der Waals surface area contributed by atoms with Crippen molar-refractivity contribution in [3.8, 4) is 0 Å². The summed E-state index contributed by atoms with van der Waals surface area (Å²) in [5.41, 5.74) is 0.204. The fourth-order valence-corrected chi connectivity index (χ4v) is 8.32. The van der Waals surface area contributed by atoms with E-state index in [1.165, 1.54) is 11.0 Å². The van der Waals surface area contributed by atoms with Crippen LogP contribution in [0.2, 0.25) is 0 Å². The number of carbonyl (C=O) groups is 2. The summed E-state index contributed by atoms with van der Waals surface area (Å²) in [4.78, 5) is 25.3. The summed E-state index contributed by atoms with van der Waals surface area (Å²) in [6.07, 6.45) is 8.07. The molecule has 18 heteroatoms. The first-order chi connectivity index (χ1) is 23.4. The quantitative estimate of drug-likeness (QED) is 0.122. The van der Waals surface area contributed by atoms with Crippen molar-refractivity contribution in [3.05, 3.63) is 88.7 Å². The summed E-state index contributed by atoms with van der Waals surface area (Å²) in [5.74, 6) is -3.85. The molecule has 2 aliphatic heterocycles. The Hall–Kier alpha value is -4.20. The molecular formula is C33H38N2O13S3. The zero-order chi connectivity index (χ0) is 38.3. The molecule has 2 aromatic rings. The van der Waals surface area contributed by atoms with Gasteiger partial charge < -0.3 is 19.7 Å². The molecule has 15 nitrogen and oxygen atoms in total. The van der Waals surface area contributed by atoms with Gasteiger partial charge in [-0.2, -0.15) is 21.4 Å². The first kappa shape index (κ1) is 39.6. The van der Waals surface area contributed by atoms with Crippen LogP contribution in [0.25, 0.3) is 0 Å². The SMILES string of the molecule is CC1(C)C(/C=C/C=C/C=C2/N(CCCS(=O)(=O)O)c3cc(S(=O)(=O)O)cc(C(=O)O)c3C2(C)C)=[N+](CCCS(=O)(=O)[O-])c2cccc(C(=O)O)c21. The monoisotopic (exact) mass is 766 g/mol. The number of nitrogens with zero attached hydrogens (tertiary/aromatic N) is 2. The van der Waals surface area contributed by atoms with Gasteiger partial charge in [-0.05, 0) is 44.5 Å². The molecule has 0 amide bonds. The van der Waals surface area contributed by atoms with Gasteiger partial charge in [-0.3, -0.25) is 9.11 Å². The van der Waals surface area contributed by atoms with E-state index in [0.717, 1.165) is 12.1 Å². The molecule has 0 fully saturated rings. The smallest absolute Gasteiger partial charge is 0.336 e. The molecule has 0 saturated carbocycles. The van der Waals surface area contributed by atoms with Gasteiger partial charge >= 0.3 is 11.9 Å². The number of hydrogen-bond donors (Lipinski definition) is 4. The Labute approximate surface area is 296 Å². The predicted molar refractivity (Wildman–Crippen MR) is 186 cm³/mol. The van der Waals surface area contributed by atoms with Crippen LogP contribution in [-0.4, -0.2) is 95.9 Å². The Morgan fingerprint density at radius 3 is 2.06 bits per heavy atom. The van der Waals surface area contributed by atoms with Crippen molar-refractivity contribution < 1.29 is 63.3 Å². The van der Waals surface area contributed by atoms with Crippen LogP contribution >= 0.6 is 0 Å². The molecule has 0 radical (unpaired) electrons. The lowest BCUT2D eigenvalue weighted by molar-refractivity contribution is -0.437. The lowest BCUT2D eigenvalue weighted by atomic mass is 9.79. The van der Waals surface area contributed by atoms with Gasteiger partial charge in [0.15, 0.2) is 5.71 Å². The molecule has 2 aromatic carbocycles. The van der Waals surface area contributed by atoms with Crippen LogP contribution in [0.3, 0.4) is 0 Å². The predicted octanol–water partition coefficient (Wildman–Crippen LogP) is 3.71. The lowest BCUT2D eigenvalue weighted by Gasteiger charge is -2.27. The summed E-state index contributed by atoms with van der Waals surface area (Å²) in [5, 5.41) is 19.9. The highest BCUT2D eigenvalue weighted by Gasteiger charge is 2.47. The number of fused-ring (bicyclic) bond motifs is 2. The number of anilines is 1. The molecule has 0 saturated heterocycles. The lowest BCUT2D eigenvalue weighted by Crippen LogP contribution is -2.29. The summed E-state index contributed by atoms with van der Waals surface area (Å²) in [6, 6.07) is 6.71. The van der Waals surface area contributed by atoms with Crippen molar-refractivity contribution in [3.63, 3.8) is 0 Å². The van der Waals surface area contributed by atoms with E-state index in [9.17, 15) is 58.7 Å². The van der Waals surface area contributed by atoms with Gasteiger partial charge in [0.1, 0.15) is 6.54 Å². The van der Waals surface area contributed by atoms with Crippen LogP contribution in [0.4, 0.5) is 11.4 Å². The first-order valence-electron chi connectivity index (χ1n) is 15.5. The standard InChI is InChI=1S/C33H38N2O13S3/c1-32(2)26(34(15-9-17-49(40,41)42)24-12-8-11-22(28(24)32)30(36)37)13-6-5-7-14-27-33(3,4)29-23(31(38)39)19-21(51(46,47)48)20-25(29)35(27)16-10-18-50(43,44)45/h5-8,11-14,19-20H,9-10,15-18H2,1-4H3,(H4-,36,37,38,39,40,41,42,43,44,45,46,47,48). The van der Waals surface area contributed by atoms with Gasteiger partial charge in [0.25, 0.3) is 20.2 Å². The van der Waals surface area contributed by atoms with E-state index in [4.69, 9.17) is 0 Å². The van der Waals surface area contributed by atoms with E-state index in [0.29, 0.717) is 22.7 Å². The summed E-state index contributed by atoms with van der Waals surface area (Å²) < 4.78 is 102. The van der Waals surface area contributed by atoms with Crippen LogP contribution in [0.5, 0.6) is 0 Å². The number of rotatable bonds is 14. The van der Waals surface area contributed by atoms with Crippen molar-refractivity contribution in [2.75, 3.05) is 29.5 Å². The highest BCUT2D eigenvalue weighted by atomic mass is 32.2. The highest BCUT2D eigenvalue weighted by Crippen LogP contribution is 2.50. The van der Waals surface area contributed by atoms with Crippen LogP contribution in [0, 0.1) is 0 Å². The van der Waals surface area contributed by atoms with Gasteiger partial charge in [-0.25, -0.2) is 18.0 Å². The van der Waals surface area contributed by atoms with Gasteiger partial charge in [-0.15, -0.1) is 0 Å². The van der Waals surface area contributed by atoms with E-state index < -0.39 is 69.5 Å². The Bertz CT molecular complexity index is 2250. The maximum absolute atomic E-state index is 12.3. The van der Waals surface area contributed by atoms with E-state index in [2.05, 4.69) is 0 Å². The number of hydrogen-bond acceptors (Lipinski definition) is 10. The van der Waals surface area contributed by atoms with Crippen molar-refractivity contribution in [1.29, 1.82) is 0 Å². The summed E-state index contributed by atoms with van der Waals surface area (Å²) in [6.45, 7) is 7.05. The largest absolute Gasteiger partial charge is 0.748 e. The molecule has 0 unspecified atom stereocenters. The van der Waals surface area contributed by atoms with E-state index in [1.54, 1.807) is 60.9 Å². The van der Waals surface area contributed by atoms with Crippen molar-refractivity contribution in [2.24, 2.45) is 0 Å².